The third-order valence-corrected chi connectivity index (χ3v) is 7.69. The molecule has 0 spiro atoms. The highest BCUT2D eigenvalue weighted by molar-refractivity contribution is 7.88. The molecular weight excluding hydrogens is 463 g/mol. The smallest absolute Gasteiger partial charge is 0.228 e. The minimum atomic E-state index is -3.63. The van der Waals surface area contributed by atoms with Gasteiger partial charge in [0.2, 0.25) is 15.9 Å². The molecule has 1 saturated heterocycles. The van der Waals surface area contributed by atoms with E-state index in [-0.39, 0.29) is 18.2 Å². The first-order chi connectivity index (χ1) is 14.8. The molecule has 1 amide bonds. The number of rotatable bonds is 5. The Labute approximate surface area is 191 Å². The molecule has 1 fully saturated rings. The average Bonchev–Trinajstić information content (AvgIpc) is 2.76. The highest BCUT2D eigenvalue weighted by atomic mass is 35.5. The van der Waals surface area contributed by atoms with Crippen molar-refractivity contribution in [1.29, 1.82) is 0 Å². The van der Waals surface area contributed by atoms with Gasteiger partial charge >= 0.3 is 0 Å². The fourth-order valence-electron chi connectivity index (χ4n) is 3.70. The molecule has 0 unspecified atom stereocenters. The number of ether oxygens (including phenoxy) is 2. The molecule has 2 heterocycles. The fourth-order valence-corrected chi connectivity index (χ4v) is 5.90. The Morgan fingerprint density at radius 1 is 1.10 bits per heavy atom. The molecule has 31 heavy (non-hydrogen) atoms. The molecule has 2 aliphatic rings. The second-order valence-electron chi connectivity index (χ2n) is 7.54. The number of piperidine rings is 1. The van der Waals surface area contributed by atoms with E-state index in [1.165, 1.54) is 10.4 Å². The van der Waals surface area contributed by atoms with Gasteiger partial charge < -0.3 is 14.8 Å². The SMILES string of the molecule is O=C(Nc1ccc2c(c1)OCCO2)[C@H]1CCCN(S(=O)(=O)Cc2ccc(Cl)cc2Cl)C1. The van der Waals surface area contributed by atoms with Crippen LogP contribution in [0.2, 0.25) is 10.0 Å². The van der Waals surface area contributed by atoms with Gasteiger partial charge in [0, 0.05) is 34.9 Å². The topological polar surface area (TPSA) is 84.9 Å². The maximum Gasteiger partial charge on any atom is 0.228 e. The van der Waals surface area contributed by atoms with Crippen LogP contribution in [-0.4, -0.2) is 44.9 Å². The van der Waals surface area contributed by atoms with E-state index in [4.69, 9.17) is 32.7 Å². The van der Waals surface area contributed by atoms with Gasteiger partial charge in [-0.25, -0.2) is 12.7 Å². The van der Waals surface area contributed by atoms with Crippen molar-refractivity contribution < 1.29 is 22.7 Å². The molecule has 10 heteroatoms. The number of halogens is 2. The summed E-state index contributed by atoms with van der Waals surface area (Å²) in [7, 11) is -3.63. The van der Waals surface area contributed by atoms with Crippen molar-refractivity contribution in [2.75, 3.05) is 31.6 Å². The van der Waals surface area contributed by atoms with Crippen LogP contribution in [-0.2, 0) is 20.6 Å². The Bertz CT molecular complexity index is 1090. The molecule has 4 rings (SSSR count). The van der Waals surface area contributed by atoms with Crippen LogP contribution in [0.4, 0.5) is 5.69 Å². The van der Waals surface area contributed by atoms with Crippen LogP contribution in [0.3, 0.4) is 0 Å². The van der Waals surface area contributed by atoms with Gasteiger partial charge in [-0.15, -0.1) is 0 Å². The minimum absolute atomic E-state index is 0.129. The lowest BCUT2D eigenvalue weighted by atomic mass is 9.98. The van der Waals surface area contributed by atoms with Gasteiger partial charge in [-0.05, 0) is 42.7 Å². The van der Waals surface area contributed by atoms with Crippen molar-refractivity contribution in [3.63, 3.8) is 0 Å². The van der Waals surface area contributed by atoms with Gasteiger partial charge in [-0.3, -0.25) is 4.79 Å². The van der Waals surface area contributed by atoms with E-state index < -0.39 is 15.9 Å². The Balaban J connectivity index is 1.42. The number of carbonyl (C=O) groups is 1. The average molecular weight is 485 g/mol. The summed E-state index contributed by atoms with van der Waals surface area (Å²) in [6.07, 6.45) is 1.22. The normalized spacial score (nSPS) is 19.1. The van der Waals surface area contributed by atoms with Crippen molar-refractivity contribution >= 4 is 44.8 Å². The standard InChI is InChI=1S/C21H22Cl2N2O5S/c22-16-4-3-15(18(23)10-16)13-31(27,28)25-7-1-2-14(12-25)21(26)24-17-5-6-19-20(11-17)30-9-8-29-19/h3-6,10-11,14H,1-2,7-9,12-13H2,(H,24,26)/t14-/m0/s1. The zero-order valence-electron chi connectivity index (χ0n) is 16.6. The molecule has 0 bridgehead atoms. The summed E-state index contributed by atoms with van der Waals surface area (Å²) in [5.41, 5.74) is 1.07. The number of fused-ring (bicyclic) bond motifs is 1. The third kappa shape index (κ3) is 5.26. The first kappa shape index (κ1) is 22.2. The molecule has 0 radical (unpaired) electrons. The minimum Gasteiger partial charge on any atom is -0.486 e. The maximum absolute atomic E-state index is 13.0. The third-order valence-electron chi connectivity index (χ3n) is 5.31. The second kappa shape index (κ2) is 9.24. The van der Waals surface area contributed by atoms with Crippen LogP contribution < -0.4 is 14.8 Å². The summed E-state index contributed by atoms with van der Waals surface area (Å²) in [5, 5.41) is 3.62. The maximum atomic E-state index is 13.0. The first-order valence-corrected chi connectivity index (χ1v) is 12.3. The van der Waals surface area contributed by atoms with Crippen molar-refractivity contribution in [1.82, 2.24) is 4.31 Å². The first-order valence-electron chi connectivity index (χ1n) is 9.94. The highest BCUT2D eigenvalue weighted by Gasteiger charge is 2.33. The number of carbonyl (C=O) groups excluding carboxylic acids is 1. The Hall–Kier alpha value is -2.00. The molecule has 2 aromatic rings. The Morgan fingerprint density at radius 2 is 1.87 bits per heavy atom. The van der Waals surface area contributed by atoms with Crippen LogP contribution in [0.5, 0.6) is 11.5 Å². The molecule has 2 aromatic carbocycles. The van der Waals surface area contributed by atoms with Gasteiger partial charge in [0.15, 0.2) is 11.5 Å². The molecule has 1 N–H and O–H groups in total. The zero-order valence-corrected chi connectivity index (χ0v) is 19.0. The van der Waals surface area contributed by atoms with Crippen molar-refractivity contribution in [2.45, 2.75) is 18.6 Å². The van der Waals surface area contributed by atoms with Crippen LogP contribution >= 0.6 is 23.2 Å². The Morgan fingerprint density at radius 3 is 2.65 bits per heavy atom. The van der Waals surface area contributed by atoms with Gasteiger partial charge in [0.25, 0.3) is 0 Å². The van der Waals surface area contributed by atoms with E-state index in [0.29, 0.717) is 65.4 Å². The highest BCUT2D eigenvalue weighted by Crippen LogP contribution is 2.33. The molecular formula is C21H22Cl2N2O5S. The van der Waals surface area contributed by atoms with Crippen LogP contribution in [0.15, 0.2) is 36.4 Å². The number of nitrogens with zero attached hydrogens (tertiary/aromatic N) is 1. The number of amides is 1. The monoisotopic (exact) mass is 484 g/mol. The molecule has 0 aliphatic carbocycles. The second-order valence-corrected chi connectivity index (χ2v) is 10.3. The fraction of sp³-hybridized carbons (Fsp3) is 0.381. The molecule has 1 atom stereocenters. The van der Waals surface area contributed by atoms with E-state index >= 15 is 0 Å². The van der Waals surface area contributed by atoms with E-state index in [0.717, 1.165) is 0 Å². The number of anilines is 1. The van der Waals surface area contributed by atoms with E-state index in [2.05, 4.69) is 5.32 Å². The Kier molecular flexibility index (Phi) is 6.62. The molecule has 7 nitrogen and oxygen atoms in total. The lowest BCUT2D eigenvalue weighted by molar-refractivity contribution is -0.120. The van der Waals surface area contributed by atoms with Crippen molar-refractivity contribution in [3.8, 4) is 11.5 Å². The summed E-state index contributed by atoms with van der Waals surface area (Å²) >= 11 is 12.0. The van der Waals surface area contributed by atoms with Crippen LogP contribution in [0, 0.1) is 5.92 Å². The van der Waals surface area contributed by atoms with Gasteiger partial charge in [0.05, 0.1) is 11.7 Å². The summed E-state index contributed by atoms with van der Waals surface area (Å²) in [6.45, 7) is 1.45. The quantitative estimate of drug-likeness (QED) is 0.694. The number of benzene rings is 2. The van der Waals surface area contributed by atoms with Crippen LogP contribution in [0.25, 0.3) is 0 Å². The summed E-state index contributed by atoms with van der Waals surface area (Å²) in [5.74, 6) is 0.315. The lowest BCUT2D eigenvalue weighted by Crippen LogP contribution is -2.44. The van der Waals surface area contributed by atoms with Crippen molar-refractivity contribution in [3.05, 3.63) is 52.0 Å². The molecule has 166 valence electrons. The number of hydrogen-bond donors (Lipinski definition) is 1. The van der Waals surface area contributed by atoms with Gasteiger partial charge in [-0.1, -0.05) is 29.3 Å². The van der Waals surface area contributed by atoms with Gasteiger partial charge in [-0.2, -0.15) is 0 Å². The largest absolute Gasteiger partial charge is 0.486 e. The van der Waals surface area contributed by atoms with Crippen molar-refractivity contribution in [2.24, 2.45) is 5.92 Å². The number of hydrogen-bond acceptors (Lipinski definition) is 5. The molecule has 2 aliphatic heterocycles. The van der Waals surface area contributed by atoms with Crippen LogP contribution in [0.1, 0.15) is 18.4 Å². The predicted molar refractivity (Wildman–Crippen MR) is 119 cm³/mol. The summed E-state index contributed by atoms with van der Waals surface area (Å²) < 4.78 is 38.3. The number of sulfonamides is 1. The number of nitrogens with one attached hydrogen (secondary N) is 1. The molecule has 0 aromatic heterocycles. The summed E-state index contributed by atoms with van der Waals surface area (Å²) in [6, 6.07) is 9.94. The summed E-state index contributed by atoms with van der Waals surface area (Å²) in [4.78, 5) is 12.8. The lowest BCUT2D eigenvalue weighted by Gasteiger charge is -2.31. The predicted octanol–water partition coefficient (Wildman–Crippen LogP) is 3.95. The molecule has 0 saturated carbocycles. The zero-order chi connectivity index (χ0) is 22.0. The van der Waals surface area contributed by atoms with E-state index in [1.807, 2.05) is 0 Å². The van der Waals surface area contributed by atoms with E-state index in [1.54, 1.807) is 30.3 Å². The van der Waals surface area contributed by atoms with Gasteiger partial charge in [0.1, 0.15) is 13.2 Å². The van der Waals surface area contributed by atoms with E-state index in [9.17, 15) is 13.2 Å².